The smallest absolute Gasteiger partial charge is 0.123 e. The zero-order valence-corrected chi connectivity index (χ0v) is 14.1. The van der Waals surface area contributed by atoms with Gasteiger partial charge in [-0.3, -0.25) is 0 Å². The van der Waals surface area contributed by atoms with Gasteiger partial charge in [-0.25, -0.2) is 4.39 Å². The van der Waals surface area contributed by atoms with Gasteiger partial charge in [-0.1, -0.05) is 51.5 Å². The number of aryl methyl sites for hydroxylation is 1. The number of halogens is 1. The van der Waals surface area contributed by atoms with Crippen molar-refractivity contribution in [3.05, 3.63) is 35.1 Å². The van der Waals surface area contributed by atoms with Crippen molar-refractivity contribution >= 4 is 0 Å². The quantitative estimate of drug-likeness (QED) is 0.558. The summed E-state index contributed by atoms with van der Waals surface area (Å²) < 4.78 is 13.5. The van der Waals surface area contributed by atoms with E-state index >= 15 is 0 Å². The molecule has 0 amide bonds. The number of fused-ring (bicyclic) bond motifs is 1. The minimum absolute atomic E-state index is 0.0565. The first-order chi connectivity index (χ1) is 10.8. The summed E-state index contributed by atoms with van der Waals surface area (Å²) in [6.45, 7) is 2.29. The predicted molar refractivity (Wildman–Crippen MR) is 91.5 cm³/mol. The highest BCUT2D eigenvalue weighted by Gasteiger charge is 2.30. The second-order valence-corrected chi connectivity index (χ2v) is 7.69. The summed E-state index contributed by atoms with van der Waals surface area (Å²) in [6.07, 6.45) is 15.0. The summed E-state index contributed by atoms with van der Waals surface area (Å²) >= 11 is 0. The fourth-order valence-electron chi connectivity index (χ4n) is 4.79. The topological polar surface area (TPSA) is 0 Å². The van der Waals surface area contributed by atoms with Crippen LogP contribution in [0.25, 0.3) is 0 Å². The third-order valence-electron chi connectivity index (χ3n) is 6.21. The first-order valence-corrected chi connectivity index (χ1v) is 9.53. The lowest BCUT2D eigenvalue weighted by Crippen LogP contribution is -2.26. The Morgan fingerprint density at radius 3 is 2.55 bits per heavy atom. The Morgan fingerprint density at radius 2 is 1.77 bits per heavy atom. The zero-order valence-electron chi connectivity index (χ0n) is 14.1. The molecule has 1 unspecified atom stereocenters. The maximum atomic E-state index is 13.5. The SMILES string of the molecule is CCCCCC1CCC(C2CCc3ccc(F)cc3C2)CC1. The fourth-order valence-corrected chi connectivity index (χ4v) is 4.79. The molecule has 0 saturated heterocycles. The minimum atomic E-state index is -0.0565. The van der Waals surface area contributed by atoms with Gasteiger partial charge in [0.25, 0.3) is 0 Å². The van der Waals surface area contributed by atoms with Crippen molar-refractivity contribution in [2.24, 2.45) is 17.8 Å². The molecule has 1 aromatic carbocycles. The summed E-state index contributed by atoms with van der Waals surface area (Å²) in [5.74, 6) is 2.65. The van der Waals surface area contributed by atoms with Crippen LogP contribution >= 0.6 is 0 Å². The minimum Gasteiger partial charge on any atom is -0.207 e. The Balaban J connectivity index is 1.50. The molecular weight excluding hydrogens is 271 g/mol. The van der Waals surface area contributed by atoms with Crippen molar-refractivity contribution in [2.45, 2.75) is 77.6 Å². The van der Waals surface area contributed by atoms with Gasteiger partial charge in [-0.15, -0.1) is 0 Å². The van der Waals surface area contributed by atoms with E-state index in [-0.39, 0.29) is 5.82 Å². The van der Waals surface area contributed by atoms with Crippen LogP contribution < -0.4 is 0 Å². The van der Waals surface area contributed by atoms with E-state index < -0.39 is 0 Å². The van der Waals surface area contributed by atoms with Gasteiger partial charge >= 0.3 is 0 Å². The van der Waals surface area contributed by atoms with Crippen LogP contribution in [0, 0.1) is 23.6 Å². The van der Waals surface area contributed by atoms with E-state index in [0.717, 1.165) is 30.6 Å². The van der Waals surface area contributed by atoms with Crippen molar-refractivity contribution < 1.29 is 4.39 Å². The molecule has 3 rings (SSSR count). The van der Waals surface area contributed by atoms with E-state index in [1.165, 1.54) is 68.9 Å². The van der Waals surface area contributed by atoms with E-state index in [0.29, 0.717) is 0 Å². The molecule has 0 spiro atoms. The Morgan fingerprint density at radius 1 is 0.955 bits per heavy atom. The van der Waals surface area contributed by atoms with E-state index in [1.54, 1.807) is 12.1 Å². The molecule has 1 heteroatoms. The lowest BCUT2D eigenvalue weighted by molar-refractivity contribution is 0.183. The molecule has 2 aliphatic carbocycles. The summed E-state index contributed by atoms with van der Waals surface area (Å²) in [4.78, 5) is 0. The maximum Gasteiger partial charge on any atom is 0.123 e. The number of benzene rings is 1. The lowest BCUT2D eigenvalue weighted by Gasteiger charge is -2.36. The number of hydrogen-bond donors (Lipinski definition) is 0. The molecule has 0 bridgehead atoms. The summed E-state index contributed by atoms with van der Waals surface area (Å²) in [7, 11) is 0. The fraction of sp³-hybridized carbons (Fsp3) is 0.714. The Bertz CT molecular complexity index is 471. The maximum absolute atomic E-state index is 13.5. The highest BCUT2D eigenvalue weighted by atomic mass is 19.1. The molecule has 1 aromatic rings. The molecule has 1 atom stereocenters. The molecule has 0 nitrogen and oxygen atoms in total. The summed E-state index contributed by atoms with van der Waals surface area (Å²) in [5, 5.41) is 0. The third kappa shape index (κ3) is 3.91. The number of rotatable bonds is 5. The average Bonchev–Trinajstić information content (AvgIpc) is 2.55. The van der Waals surface area contributed by atoms with Gasteiger partial charge in [-0.2, -0.15) is 0 Å². The molecule has 22 heavy (non-hydrogen) atoms. The highest BCUT2D eigenvalue weighted by Crippen LogP contribution is 2.40. The molecular formula is C21H31F. The van der Waals surface area contributed by atoms with Crippen LogP contribution in [0.4, 0.5) is 4.39 Å². The predicted octanol–water partition coefficient (Wildman–Crippen LogP) is 6.32. The Hall–Kier alpha value is -0.850. The van der Waals surface area contributed by atoms with Crippen molar-refractivity contribution in [1.82, 2.24) is 0 Å². The van der Waals surface area contributed by atoms with Gasteiger partial charge in [0.15, 0.2) is 0 Å². The highest BCUT2D eigenvalue weighted by molar-refractivity contribution is 5.30. The van der Waals surface area contributed by atoms with E-state index in [9.17, 15) is 4.39 Å². The molecule has 1 saturated carbocycles. The van der Waals surface area contributed by atoms with Crippen LogP contribution in [0.3, 0.4) is 0 Å². The Labute approximate surface area is 135 Å². The zero-order chi connectivity index (χ0) is 15.4. The molecule has 1 fully saturated rings. The van der Waals surface area contributed by atoms with Crippen molar-refractivity contribution in [1.29, 1.82) is 0 Å². The van der Waals surface area contributed by atoms with Crippen LogP contribution in [0.15, 0.2) is 18.2 Å². The van der Waals surface area contributed by atoms with E-state index in [4.69, 9.17) is 0 Å². The van der Waals surface area contributed by atoms with Gasteiger partial charge in [0.05, 0.1) is 0 Å². The van der Waals surface area contributed by atoms with E-state index in [1.807, 2.05) is 6.07 Å². The van der Waals surface area contributed by atoms with E-state index in [2.05, 4.69) is 6.92 Å². The number of unbranched alkanes of at least 4 members (excludes halogenated alkanes) is 2. The van der Waals surface area contributed by atoms with Crippen molar-refractivity contribution in [3.8, 4) is 0 Å². The normalized spacial score (nSPS) is 28.4. The molecule has 0 aliphatic heterocycles. The van der Waals surface area contributed by atoms with Gasteiger partial charge < -0.3 is 0 Å². The summed E-state index contributed by atoms with van der Waals surface area (Å²) in [5.41, 5.74) is 2.69. The van der Waals surface area contributed by atoms with Crippen LogP contribution in [-0.4, -0.2) is 0 Å². The number of hydrogen-bond acceptors (Lipinski definition) is 0. The third-order valence-corrected chi connectivity index (χ3v) is 6.21. The van der Waals surface area contributed by atoms with Crippen LogP contribution in [0.1, 0.15) is 75.8 Å². The van der Waals surface area contributed by atoms with Gasteiger partial charge in [0.2, 0.25) is 0 Å². The molecule has 0 heterocycles. The van der Waals surface area contributed by atoms with Crippen LogP contribution in [0.2, 0.25) is 0 Å². The molecule has 2 aliphatic rings. The second-order valence-electron chi connectivity index (χ2n) is 7.69. The van der Waals surface area contributed by atoms with Gasteiger partial charge in [-0.05, 0) is 73.1 Å². The van der Waals surface area contributed by atoms with Gasteiger partial charge in [0.1, 0.15) is 5.82 Å². The molecule has 0 N–H and O–H groups in total. The lowest BCUT2D eigenvalue weighted by atomic mass is 9.69. The van der Waals surface area contributed by atoms with Crippen molar-refractivity contribution in [3.63, 3.8) is 0 Å². The largest absolute Gasteiger partial charge is 0.207 e. The van der Waals surface area contributed by atoms with Gasteiger partial charge in [0, 0.05) is 0 Å². The monoisotopic (exact) mass is 302 g/mol. The van der Waals surface area contributed by atoms with Crippen LogP contribution in [0.5, 0.6) is 0 Å². The molecule has 0 radical (unpaired) electrons. The summed E-state index contributed by atoms with van der Waals surface area (Å²) in [6, 6.07) is 5.42. The average molecular weight is 302 g/mol. The first-order valence-electron chi connectivity index (χ1n) is 9.53. The van der Waals surface area contributed by atoms with Crippen molar-refractivity contribution in [2.75, 3.05) is 0 Å². The first kappa shape index (κ1) is 16.0. The molecule has 0 aromatic heterocycles. The second kappa shape index (κ2) is 7.62. The Kier molecular flexibility index (Phi) is 5.55. The standard InChI is InChI=1S/C21H31F/c1-2-3-4-5-16-6-8-17(9-7-16)19-11-10-18-12-13-21(22)15-20(18)14-19/h12-13,15-17,19H,2-11,14H2,1H3. The molecule has 122 valence electrons. The van der Waals surface area contributed by atoms with Crippen LogP contribution in [-0.2, 0) is 12.8 Å².